The molecule has 0 unspecified atom stereocenters. The predicted octanol–water partition coefficient (Wildman–Crippen LogP) is 2.93. The van der Waals surface area contributed by atoms with Gasteiger partial charge in [0.1, 0.15) is 6.54 Å². The molecule has 0 spiro atoms. The van der Waals surface area contributed by atoms with Gasteiger partial charge in [0, 0.05) is 18.2 Å². The Hall–Kier alpha value is -2.59. The van der Waals surface area contributed by atoms with Crippen LogP contribution in [0.3, 0.4) is 0 Å². The zero-order valence-electron chi connectivity index (χ0n) is 14.2. The smallest absolute Gasteiger partial charge is 0.380 e. The number of amides is 1. The van der Waals surface area contributed by atoms with Crippen molar-refractivity contribution >= 4 is 21.6 Å². The molecule has 146 valence electrons. The van der Waals surface area contributed by atoms with E-state index in [-0.39, 0.29) is 17.1 Å². The fourth-order valence-corrected chi connectivity index (χ4v) is 3.34. The summed E-state index contributed by atoms with van der Waals surface area (Å²) in [6.07, 6.45) is -4.56. The van der Waals surface area contributed by atoms with Gasteiger partial charge in [-0.1, -0.05) is 24.3 Å². The number of hydrogen-bond donors (Lipinski definition) is 2. The molecule has 0 aliphatic rings. The molecular weight excluding hydrogens is 385 g/mol. The van der Waals surface area contributed by atoms with Crippen LogP contribution in [0.4, 0.5) is 18.9 Å². The fourth-order valence-electron chi connectivity index (χ4n) is 2.19. The van der Waals surface area contributed by atoms with Crippen LogP contribution in [0.15, 0.2) is 53.4 Å². The number of sulfonamides is 1. The van der Waals surface area contributed by atoms with Crippen molar-refractivity contribution < 1.29 is 31.1 Å². The van der Waals surface area contributed by atoms with Crippen LogP contribution in [0.2, 0.25) is 0 Å². The highest BCUT2D eigenvalue weighted by molar-refractivity contribution is 7.92. The predicted molar refractivity (Wildman–Crippen MR) is 92.8 cm³/mol. The number of carbonyl (C=O) groups is 1. The minimum absolute atomic E-state index is 0.179. The van der Waals surface area contributed by atoms with Gasteiger partial charge in [-0.2, -0.15) is 13.2 Å². The Morgan fingerprint density at radius 2 is 1.81 bits per heavy atom. The van der Waals surface area contributed by atoms with Gasteiger partial charge in [-0.25, -0.2) is 8.42 Å². The van der Waals surface area contributed by atoms with Crippen molar-refractivity contribution in [2.24, 2.45) is 0 Å². The van der Waals surface area contributed by atoms with Crippen LogP contribution in [0.25, 0.3) is 0 Å². The number of nitrogens with one attached hydrogen (secondary N) is 2. The molecule has 2 rings (SSSR count). The van der Waals surface area contributed by atoms with E-state index in [1.54, 1.807) is 29.6 Å². The van der Waals surface area contributed by atoms with E-state index in [0.717, 1.165) is 6.07 Å². The summed E-state index contributed by atoms with van der Waals surface area (Å²) in [6, 6.07) is 11.3. The number of carbonyl (C=O) groups excluding carboxylic acids is 1. The van der Waals surface area contributed by atoms with Crippen LogP contribution in [-0.2, 0) is 21.4 Å². The molecule has 0 saturated heterocycles. The third-order valence-corrected chi connectivity index (χ3v) is 4.78. The second kappa shape index (κ2) is 8.40. The average molecular weight is 402 g/mol. The highest BCUT2D eigenvalue weighted by Gasteiger charge is 2.28. The highest BCUT2D eigenvalue weighted by atomic mass is 32.2. The Labute approximate surface area is 154 Å². The first-order valence-electron chi connectivity index (χ1n) is 7.67. The molecule has 0 radical (unpaired) electrons. The zero-order valence-corrected chi connectivity index (χ0v) is 15.0. The van der Waals surface area contributed by atoms with Gasteiger partial charge in [0.25, 0.3) is 15.9 Å². The standard InChI is InChI=1S/C17H17F3N2O4S/c1-26-10-13-5-2-3-8-15(13)22-27(24,25)14-7-4-6-12(9-14)16(23)21-11-17(18,19)20/h2-9,22H,10-11H2,1H3,(H,21,23). The maximum Gasteiger partial charge on any atom is 0.405 e. The van der Waals surface area contributed by atoms with Crippen molar-refractivity contribution in [1.82, 2.24) is 5.32 Å². The Kier molecular flexibility index (Phi) is 6.45. The molecular formula is C17H17F3N2O4S. The maximum absolute atomic E-state index is 12.6. The summed E-state index contributed by atoms with van der Waals surface area (Å²) in [4.78, 5) is 11.6. The van der Waals surface area contributed by atoms with Crippen LogP contribution in [-0.4, -0.2) is 34.2 Å². The largest absolute Gasteiger partial charge is 0.405 e. The zero-order chi connectivity index (χ0) is 20.1. The quantitative estimate of drug-likeness (QED) is 0.746. The Morgan fingerprint density at radius 3 is 2.48 bits per heavy atom. The molecule has 0 aromatic heterocycles. The van der Waals surface area contributed by atoms with Gasteiger partial charge < -0.3 is 10.1 Å². The first kappa shape index (κ1) is 20.7. The number of ether oxygens (including phenoxy) is 1. The van der Waals surface area contributed by atoms with Gasteiger partial charge in [0.05, 0.1) is 17.2 Å². The first-order chi connectivity index (χ1) is 12.6. The van der Waals surface area contributed by atoms with E-state index in [2.05, 4.69) is 4.72 Å². The summed E-state index contributed by atoms with van der Waals surface area (Å²) in [7, 11) is -2.59. The van der Waals surface area contributed by atoms with Gasteiger partial charge >= 0.3 is 6.18 Å². The lowest BCUT2D eigenvalue weighted by molar-refractivity contribution is -0.123. The van der Waals surface area contributed by atoms with Crippen molar-refractivity contribution in [2.75, 3.05) is 18.4 Å². The molecule has 27 heavy (non-hydrogen) atoms. The molecule has 0 bridgehead atoms. The number of halogens is 3. The van der Waals surface area contributed by atoms with E-state index in [9.17, 15) is 26.4 Å². The van der Waals surface area contributed by atoms with Gasteiger partial charge in [-0.15, -0.1) is 0 Å². The molecule has 0 atom stereocenters. The fraction of sp³-hybridized carbons (Fsp3) is 0.235. The van der Waals surface area contributed by atoms with E-state index in [1.165, 1.54) is 25.3 Å². The van der Waals surface area contributed by atoms with Crippen LogP contribution < -0.4 is 10.0 Å². The molecule has 2 aromatic rings. The van der Waals surface area contributed by atoms with Crippen LogP contribution in [0, 0.1) is 0 Å². The number of benzene rings is 2. The molecule has 0 aliphatic heterocycles. The highest BCUT2D eigenvalue weighted by Crippen LogP contribution is 2.21. The van der Waals surface area contributed by atoms with Crippen molar-refractivity contribution in [2.45, 2.75) is 17.7 Å². The third-order valence-electron chi connectivity index (χ3n) is 3.42. The van der Waals surface area contributed by atoms with E-state index in [1.807, 2.05) is 0 Å². The van der Waals surface area contributed by atoms with Crippen LogP contribution in [0.1, 0.15) is 15.9 Å². The van der Waals surface area contributed by atoms with Crippen LogP contribution in [0.5, 0.6) is 0 Å². The second-order valence-corrected chi connectivity index (χ2v) is 7.20. The summed E-state index contributed by atoms with van der Waals surface area (Å²) >= 11 is 0. The number of alkyl halides is 3. The Morgan fingerprint density at radius 1 is 1.11 bits per heavy atom. The molecule has 0 saturated carbocycles. The maximum atomic E-state index is 12.6. The molecule has 2 aromatic carbocycles. The summed E-state index contributed by atoms with van der Waals surface area (Å²) < 4.78 is 69.2. The first-order valence-corrected chi connectivity index (χ1v) is 9.15. The summed E-state index contributed by atoms with van der Waals surface area (Å²) in [5.41, 5.74) is 0.696. The SMILES string of the molecule is COCc1ccccc1NS(=O)(=O)c1cccc(C(=O)NCC(F)(F)F)c1. The normalized spacial score (nSPS) is 11.9. The van der Waals surface area contributed by atoms with E-state index < -0.39 is 28.7 Å². The lowest BCUT2D eigenvalue weighted by Crippen LogP contribution is -2.33. The molecule has 6 nitrogen and oxygen atoms in total. The molecule has 0 fully saturated rings. The summed E-state index contributed by atoms with van der Waals surface area (Å²) in [6.45, 7) is -1.33. The van der Waals surface area contributed by atoms with Crippen molar-refractivity contribution in [3.63, 3.8) is 0 Å². The Balaban J connectivity index is 2.23. The monoisotopic (exact) mass is 402 g/mol. The molecule has 1 amide bonds. The average Bonchev–Trinajstić information content (AvgIpc) is 2.61. The number of hydrogen-bond acceptors (Lipinski definition) is 4. The van der Waals surface area contributed by atoms with Gasteiger partial charge in [0.15, 0.2) is 0 Å². The molecule has 2 N–H and O–H groups in total. The molecule has 0 heterocycles. The number of para-hydroxylation sites is 1. The molecule has 10 heteroatoms. The second-order valence-electron chi connectivity index (χ2n) is 5.52. The molecule has 0 aliphatic carbocycles. The third kappa shape index (κ3) is 5.97. The van der Waals surface area contributed by atoms with Crippen molar-refractivity contribution in [3.05, 3.63) is 59.7 Å². The number of anilines is 1. The number of rotatable bonds is 7. The Bertz CT molecular complexity index is 914. The van der Waals surface area contributed by atoms with Gasteiger partial charge in [-0.05, 0) is 24.3 Å². The summed E-state index contributed by atoms with van der Waals surface area (Å²) in [5, 5.41) is 1.70. The minimum Gasteiger partial charge on any atom is -0.380 e. The topological polar surface area (TPSA) is 84.5 Å². The van der Waals surface area contributed by atoms with Gasteiger partial charge in [0.2, 0.25) is 0 Å². The van der Waals surface area contributed by atoms with Crippen LogP contribution >= 0.6 is 0 Å². The van der Waals surface area contributed by atoms with Crippen molar-refractivity contribution in [3.8, 4) is 0 Å². The summed E-state index contributed by atoms with van der Waals surface area (Å²) in [5.74, 6) is -1.02. The van der Waals surface area contributed by atoms with E-state index in [4.69, 9.17) is 4.74 Å². The van der Waals surface area contributed by atoms with E-state index in [0.29, 0.717) is 11.3 Å². The lowest BCUT2D eigenvalue weighted by atomic mass is 10.2. The van der Waals surface area contributed by atoms with Crippen molar-refractivity contribution in [1.29, 1.82) is 0 Å². The lowest BCUT2D eigenvalue weighted by Gasteiger charge is -2.13. The van der Waals surface area contributed by atoms with E-state index >= 15 is 0 Å². The number of methoxy groups -OCH3 is 1. The minimum atomic E-state index is -4.56. The van der Waals surface area contributed by atoms with Gasteiger partial charge in [-0.3, -0.25) is 9.52 Å².